The van der Waals surface area contributed by atoms with Crippen LogP contribution in [-0.4, -0.2) is 27.8 Å². The third-order valence-electron chi connectivity index (χ3n) is 2.80. The molecule has 4 nitrogen and oxygen atoms in total. The lowest BCUT2D eigenvalue weighted by molar-refractivity contribution is 0.333. The van der Waals surface area contributed by atoms with Crippen molar-refractivity contribution in [2.45, 2.75) is 4.90 Å². The molecule has 0 fully saturated rings. The third kappa shape index (κ3) is 5.06. The Morgan fingerprint density at radius 2 is 1.67 bits per heavy atom. The Balaban J connectivity index is 1.80. The smallest absolute Gasteiger partial charge is 0.175 e. The molecule has 0 amide bonds. The van der Waals surface area contributed by atoms with Crippen LogP contribution >= 0.6 is 15.9 Å². The average Bonchev–Trinajstić information content (AvgIpc) is 2.45. The van der Waals surface area contributed by atoms with Crippen molar-refractivity contribution < 1.29 is 13.2 Å². The highest BCUT2D eigenvalue weighted by atomic mass is 79.9. The van der Waals surface area contributed by atoms with Gasteiger partial charge in [0.15, 0.2) is 9.84 Å². The molecule has 2 aromatic rings. The minimum Gasteiger partial charge on any atom is -0.492 e. The second kappa shape index (κ2) is 6.95. The van der Waals surface area contributed by atoms with Crippen LogP contribution in [0.4, 0.5) is 5.69 Å². The quantitative estimate of drug-likeness (QED) is 0.793. The van der Waals surface area contributed by atoms with Gasteiger partial charge in [-0.25, -0.2) is 8.42 Å². The molecule has 0 unspecified atom stereocenters. The Kier molecular flexibility index (Phi) is 5.25. The first kappa shape index (κ1) is 15.9. The van der Waals surface area contributed by atoms with Crippen LogP contribution in [0.1, 0.15) is 0 Å². The van der Waals surface area contributed by atoms with E-state index in [0.717, 1.165) is 15.9 Å². The van der Waals surface area contributed by atoms with Crippen LogP contribution < -0.4 is 10.1 Å². The Morgan fingerprint density at radius 1 is 1.05 bits per heavy atom. The van der Waals surface area contributed by atoms with Gasteiger partial charge in [-0.15, -0.1) is 0 Å². The van der Waals surface area contributed by atoms with Gasteiger partial charge in [0.05, 0.1) is 4.90 Å². The fourth-order valence-corrected chi connectivity index (χ4v) is 2.61. The number of benzene rings is 2. The Labute approximate surface area is 133 Å². The molecule has 112 valence electrons. The van der Waals surface area contributed by atoms with Crippen molar-refractivity contribution >= 4 is 31.5 Å². The summed E-state index contributed by atoms with van der Waals surface area (Å²) in [5, 5.41) is 3.18. The van der Waals surface area contributed by atoms with Crippen molar-refractivity contribution in [2.75, 3.05) is 24.7 Å². The highest BCUT2D eigenvalue weighted by molar-refractivity contribution is 9.10. The number of anilines is 1. The summed E-state index contributed by atoms with van der Waals surface area (Å²) in [6.07, 6.45) is 1.20. The first-order chi connectivity index (χ1) is 9.95. The van der Waals surface area contributed by atoms with Crippen molar-refractivity contribution in [3.8, 4) is 5.75 Å². The lowest BCUT2D eigenvalue weighted by Gasteiger charge is -2.09. The number of hydrogen-bond donors (Lipinski definition) is 1. The normalized spacial score (nSPS) is 11.1. The second-order valence-electron chi connectivity index (χ2n) is 4.53. The van der Waals surface area contributed by atoms with E-state index in [0.29, 0.717) is 18.0 Å². The van der Waals surface area contributed by atoms with Crippen LogP contribution in [0, 0.1) is 0 Å². The monoisotopic (exact) mass is 369 g/mol. The molecule has 1 N–H and O–H groups in total. The molecule has 21 heavy (non-hydrogen) atoms. The highest BCUT2D eigenvalue weighted by Gasteiger charge is 2.05. The minimum absolute atomic E-state index is 0.319. The molecule has 0 atom stereocenters. The molecule has 0 aromatic heterocycles. The number of ether oxygens (including phenoxy) is 1. The molecule has 0 saturated heterocycles. The largest absolute Gasteiger partial charge is 0.492 e. The Hall–Kier alpha value is -1.53. The van der Waals surface area contributed by atoms with E-state index in [1.165, 1.54) is 6.26 Å². The van der Waals surface area contributed by atoms with Crippen LogP contribution in [0.25, 0.3) is 0 Å². The van der Waals surface area contributed by atoms with Crippen LogP contribution in [0.5, 0.6) is 5.75 Å². The number of nitrogens with one attached hydrogen (secondary N) is 1. The topological polar surface area (TPSA) is 55.4 Å². The molecule has 2 aromatic carbocycles. The van der Waals surface area contributed by atoms with Gasteiger partial charge in [-0.2, -0.15) is 0 Å². The summed E-state index contributed by atoms with van der Waals surface area (Å²) < 4.78 is 29.3. The molecule has 0 saturated carbocycles. The van der Waals surface area contributed by atoms with E-state index in [9.17, 15) is 8.42 Å². The molecule has 2 rings (SSSR count). The van der Waals surface area contributed by atoms with Gasteiger partial charge < -0.3 is 10.1 Å². The van der Waals surface area contributed by atoms with Crippen molar-refractivity contribution in [3.05, 3.63) is 53.0 Å². The Bertz CT molecular complexity index is 682. The zero-order valence-corrected chi connectivity index (χ0v) is 13.9. The molecule has 0 radical (unpaired) electrons. The maximum Gasteiger partial charge on any atom is 0.175 e. The summed E-state index contributed by atoms with van der Waals surface area (Å²) in [4.78, 5) is 0.319. The first-order valence-electron chi connectivity index (χ1n) is 6.37. The van der Waals surface area contributed by atoms with Gasteiger partial charge in [-0.05, 0) is 48.5 Å². The van der Waals surface area contributed by atoms with Crippen molar-refractivity contribution in [1.82, 2.24) is 0 Å². The van der Waals surface area contributed by atoms with E-state index in [2.05, 4.69) is 21.2 Å². The molecule has 0 aliphatic heterocycles. The number of sulfone groups is 1. The maximum atomic E-state index is 11.3. The summed E-state index contributed by atoms with van der Waals surface area (Å²) in [5.74, 6) is 0.812. The predicted octanol–water partition coefficient (Wildman–Crippen LogP) is 3.34. The second-order valence-corrected chi connectivity index (χ2v) is 7.46. The van der Waals surface area contributed by atoms with Crippen LogP contribution in [-0.2, 0) is 9.84 Å². The Morgan fingerprint density at radius 3 is 2.24 bits per heavy atom. The SMILES string of the molecule is CS(=O)(=O)c1ccc(NCCOc2ccc(Br)cc2)cc1. The zero-order valence-electron chi connectivity index (χ0n) is 11.5. The van der Waals surface area contributed by atoms with E-state index in [-0.39, 0.29) is 0 Å². The van der Waals surface area contributed by atoms with Crippen molar-refractivity contribution in [2.24, 2.45) is 0 Å². The lowest BCUT2D eigenvalue weighted by atomic mass is 10.3. The zero-order chi connectivity index (χ0) is 15.3. The first-order valence-corrected chi connectivity index (χ1v) is 9.06. The van der Waals surface area contributed by atoms with E-state index in [1.54, 1.807) is 24.3 Å². The van der Waals surface area contributed by atoms with E-state index < -0.39 is 9.84 Å². The minimum atomic E-state index is -3.14. The summed E-state index contributed by atoms with van der Waals surface area (Å²) in [6, 6.07) is 14.3. The number of rotatable bonds is 6. The van der Waals surface area contributed by atoms with Gasteiger partial charge in [0, 0.05) is 23.0 Å². The summed E-state index contributed by atoms with van der Waals surface area (Å²) in [6.45, 7) is 1.16. The summed E-state index contributed by atoms with van der Waals surface area (Å²) in [5.41, 5.74) is 0.863. The maximum absolute atomic E-state index is 11.3. The van der Waals surface area contributed by atoms with Crippen LogP contribution in [0.3, 0.4) is 0 Å². The molecule has 0 heterocycles. The molecular formula is C15H16BrNO3S. The molecule has 0 aliphatic rings. The fourth-order valence-electron chi connectivity index (χ4n) is 1.72. The summed E-state index contributed by atoms with van der Waals surface area (Å²) in [7, 11) is -3.14. The number of hydrogen-bond acceptors (Lipinski definition) is 4. The van der Waals surface area contributed by atoms with Crippen LogP contribution in [0.2, 0.25) is 0 Å². The van der Waals surface area contributed by atoms with Gasteiger partial charge in [0.25, 0.3) is 0 Å². The van der Waals surface area contributed by atoms with Crippen LogP contribution in [0.15, 0.2) is 57.9 Å². The highest BCUT2D eigenvalue weighted by Crippen LogP contribution is 2.16. The summed E-state index contributed by atoms with van der Waals surface area (Å²) >= 11 is 3.37. The van der Waals surface area contributed by atoms with Crippen molar-refractivity contribution in [3.63, 3.8) is 0 Å². The van der Waals surface area contributed by atoms with E-state index >= 15 is 0 Å². The average molecular weight is 370 g/mol. The van der Waals surface area contributed by atoms with Gasteiger partial charge >= 0.3 is 0 Å². The van der Waals surface area contributed by atoms with Gasteiger partial charge in [0.1, 0.15) is 12.4 Å². The predicted molar refractivity (Wildman–Crippen MR) is 87.7 cm³/mol. The standard InChI is InChI=1S/C15H16BrNO3S/c1-21(18,19)15-8-4-13(5-9-15)17-10-11-20-14-6-2-12(16)3-7-14/h2-9,17H,10-11H2,1H3. The molecule has 0 spiro atoms. The van der Waals surface area contributed by atoms with E-state index in [1.807, 2.05) is 24.3 Å². The molecule has 6 heteroatoms. The van der Waals surface area contributed by atoms with Gasteiger partial charge in [0.2, 0.25) is 0 Å². The number of halogens is 1. The molecule has 0 aliphatic carbocycles. The lowest BCUT2D eigenvalue weighted by Crippen LogP contribution is -2.11. The van der Waals surface area contributed by atoms with Gasteiger partial charge in [-0.3, -0.25) is 0 Å². The van der Waals surface area contributed by atoms with E-state index in [4.69, 9.17) is 4.74 Å². The molecular weight excluding hydrogens is 354 g/mol. The van der Waals surface area contributed by atoms with Crippen molar-refractivity contribution in [1.29, 1.82) is 0 Å². The molecule has 0 bridgehead atoms. The van der Waals surface area contributed by atoms with Gasteiger partial charge in [-0.1, -0.05) is 15.9 Å². The third-order valence-corrected chi connectivity index (χ3v) is 4.45. The fraction of sp³-hybridized carbons (Fsp3) is 0.200.